The highest BCUT2D eigenvalue weighted by atomic mass is 32.2. The first-order valence-corrected chi connectivity index (χ1v) is 10.9. The van der Waals surface area contributed by atoms with Crippen molar-refractivity contribution in [2.45, 2.75) is 49.8 Å². The Kier molecular flexibility index (Phi) is 6.03. The topological polar surface area (TPSA) is 85.5 Å². The van der Waals surface area contributed by atoms with Crippen LogP contribution in [0.1, 0.15) is 32.1 Å². The highest BCUT2D eigenvalue weighted by Gasteiger charge is 2.44. The van der Waals surface area contributed by atoms with E-state index in [1.165, 1.54) is 43.2 Å². The summed E-state index contributed by atoms with van der Waals surface area (Å²) in [6.07, 6.45) is 5.45. The fourth-order valence-corrected chi connectivity index (χ4v) is 4.90. The van der Waals surface area contributed by atoms with Gasteiger partial charge in [-0.3, -0.25) is 19.9 Å². The SMILES string of the molecule is O=C(CSC1NC(=O)C2CNN(c3ccc(F)cc3)C2N1)NC1CCCCC1. The molecule has 28 heavy (non-hydrogen) atoms. The minimum absolute atomic E-state index is 0.00927. The molecular formula is C19H26FN5O2S. The number of thioether (sulfide) groups is 1. The molecule has 3 aliphatic rings. The maximum atomic E-state index is 13.2. The summed E-state index contributed by atoms with van der Waals surface area (Å²) in [7, 11) is 0. The molecule has 0 aromatic heterocycles. The summed E-state index contributed by atoms with van der Waals surface area (Å²) in [5.41, 5.74) is 3.64. The van der Waals surface area contributed by atoms with Crippen LogP contribution in [0.15, 0.2) is 24.3 Å². The molecule has 3 atom stereocenters. The summed E-state index contributed by atoms with van der Waals surface area (Å²) >= 11 is 1.38. The van der Waals surface area contributed by atoms with Crippen LogP contribution in [0.4, 0.5) is 10.1 Å². The fraction of sp³-hybridized carbons (Fsp3) is 0.579. The van der Waals surface area contributed by atoms with Gasteiger partial charge in [0.1, 0.15) is 17.5 Å². The van der Waals surface area contributed by atoms with Crippen LogP contribution in [0.5, 0.6) is 0 Å². The third kappa shape index (κ3) is 4.42. The Balaban J connectivity index is 1.33. The monoisotopic (exact) mass is 407 g/mol. The molecule has 0 radical (unpaired) electrons. The van der Waals surface area contributed by atoms with E-state index in [1.807, 2.05) is 5.01 Å². The number of hydrogen-bond acceptors (Lipinski definition) is 6. The number of carbonyl (C=O) groups is 2. The summed E-state index contributed by atoms with van der Waals surface area (Å²) < 4.78 is 13.2. The number of nitrogens with zero attached hydrogens (tertiary/aromatic N) is 1. The Labute approximate surface area is 168 Å². The van der Waals surface area contributed by atoms with Gasteiger partial charge >= 0.3 is 0 Å². The first-order chi connectivity index (χ1) is 13.6. The lowest BCUT2D eigenvalue weighted by molar-refractivity contribution is -0.127. The number of rotatable bonds is 5. The predicted molar refractivity (Wildman–Crippen MR) is 107 cm³/mol. The summed E-state index contributed by atoms with van der Waals surface area (Å²) in [6, 6.07) is 6.44. The van der Waals surface area contributed by atoms with Crippen LogP contribution < -0.4 is 26.4 Å². The van der Waals surface area contributed by atoms with Crippen LogP contribution in [-0.4, -0.2) is 41.8 Å². The maximum absolute atomic E-state index is 13.2. The zero-order valence-electron chi connectivity index (χ0n) is 15.6. The molecule has 1 aromatic carbocycles. The number of amides is 2. The number of hydrogen-bond donors (Lipinski definition) is 4. The van der Waals surface area contributed by atoms with Crippen LogP contribution in [-0.2, 0) is 9.59 Å². The number of halogens is 1. The average molecular weight is 408 g/mol. The van der Waals surface area contributed by atoms with Gasteiger partial charge in [0.25, 0.3) is 0 Å². The van der Waals surface area contributed by atoms with Gasteiger partial charge in [-0.2, -0.15) is 0 Å². The van der Waals surface area contributed by atoms with Crippen LogP contribution in [0.2, 0.25) is 0 Å². The van der Waals surface area contributed by atoms with Gasteiger partial charge in [-0.1, -0.05) is 19.3 Å². The lowest BCUT2D eigenvalue weighted by atomic mass is 9.95. The van der Waals surface area contributed by atoms with E-state index in [-0.39, 0.29) is 47.0 Å². The van der Waals surface area contributed by atoms with Crippen molar-refractivity contribution in [2.24, 2.45) is 5.92 Å². The fourth-order valence-electron chi connectivity index (χ4n) is 4.07. The van der Waals surface area contributed by atoms with Gasteiger partial charge in [-0.25, -0.2) is 9.82 Å². The Morgan fingerprint density at radius 1 is 1.21 bits per heavy atom. The standard InChI is InChI=1S/C19H26FN5O2S/c20-12-6-8-14(9-7-12)25-17-15(10-21-25)18(27)24-19(23-17)28-11-16(26)22-13-4-2-1-3-5-13/h6-9,13,15,17,19,21,23H,1-5,10-11H2,(H,22,26)(H,24,27). The molecule has 2 saturated heterocycles. The van der Waals surface area contributed by atoms with Crippen molar-refractivity contribution >= 4 is 29.3 Å². The minimum Gasteiger partial charge on any atom is -0.353 e. The van der Waals surface area contributed by atoms with Gasteiger partial charge in [-0.15, -0.1) is 11.8 Å². The van der Waals surface area contributed by atoms with Crippen molar-refractivity contribution in [3.63, 3.8) is 0 Å². The van der Waals surface area contributed by atoms with Crippen molar-refractivity contribution in [1.29, 1.82) is 0 Å². The molecule has 2 aliphatic heterocycles. The van der Waals surface area contributed by atoms with E-state index in [1.54, 1.807) is 12.1 Å². The van der Waals surface area contributed by atoms with Crippen molar-refractivity contribution < 1.29 is 14.0 Å². The second-order valence-electron chi connectivity index (χ2n) is 7.53. The molecule has 7 nitrogen and oxygen atoms in total. The molecule has 2 amide bonds. The van der Waals surface area contributed by atoms with Gasteiger partial charge < -0.3 is 10.6 Å². The summed E-state index contributed by atoms with van der Waals surface area (Å²) in [5, 5.41) is 11.3. The third-order valence-corrected chi connectivity index (χ3v) is 6.55. The summed E-state index contributed by atoms with van der Waals surface area (Å²) in [4.78, 5) is 24.7. The average Bonchev–Trinajstić information content (AvgIpc) is 3.12. The molecule has 1 aromatic rings. The van der Waals surface area contributed by atoms with Gasteiger partial charge in [0.15, 0.2) is 0 Å². The van der Waals surface area contributed by atoms with E-state index in [0.29, 0.717) is 6.54 Å². The highest BCUT2D eigenvalue weighted by molar-refractivity contribution is 8.00. The molecule has 4 rings (SSSR count). The summed E-state index contributed by atoms with van der Waals surface area (Å²) in [5.74, 6) is -0.305. The smallest absolute Gasteiger partial charge is 0.230 e. The summed E-state index contributed by atoms with van der Waals surface area (Å²) in [6.45, 7) is 0.500. The molecule has 1 aliphatic carbocycles. The minimum atomic E-state index is -0.353. The Bertz CT molecular complexity index is 713. The van der Waals surface area contributed by atoms with E-state index in [2.05, 4.69) is 21.4 Å². The van der Waals surface area contributed by atoms with E-state index >= 15 is 0 Å². The zero-order valence-corrected chi connectivity index (χ0v) is 16.4. The number of carbonyl (C=O) groups excluding carboxylic acids is 2. The molecule has 4 N–H and O–H groups in total. The number of benzene rings is 1. The molecule has 0 bridgehead atoms. The third-order valence-electron chi connectivity index (χ3n) is 5.53. The lowest BCUT2D eigenvalue weighted by Gasteiger charge is -2.37. The Morgan fingerprint density at radius 3 is 2.71 bits per heavy atom. The molecule has 2 heterocycles. The predicted octanol–water partition coefficient (Wildman–Crippen LogP) is 1.28. The maximum Gasteiger partial charge on any atom is 0.230 e. The number of fused-ring (bicyclic) bond motifs is 1. The molecule has 9 heteroatoms. The van der Waals surface area contributed by atoms with Crippen LogP contribution in [0.25, 0.3) is 0 Å². The van der Waals surface area contributed by atoms with Gasteiger partial charge in [-0.05, 0) is 37.1 Å². The first-order valence-electron chi connectivity index (χ1n) is 9.86. The molecule has 3 unspecified atom stereocenters. The lowest BCUT2D eigenvalue weighted by Crippen LogP contribution is -2.63. The molecule has 3 fully saturated rings. The van der Waals surface area contributed by atoms with Crippen molar-refractivity contribution in [3.05, 3.63) is 30.1 Å². The second-order valence-corrected chi connectivity index (χ2v) is 8.62. The number of nitrogens with one attached hydrogen (secondary N) is 4. The van der Waals surface area contributed by atoms with Crippen LogP contribution in [0.3, 0.4) is 0 Å². The number of hydrazine groups is 1. The number of anilines is 1. The normalized spacial score (nSPS) is 28.0. The molecule has 1 saturated carbocycles. The first kappa shape index (κ1) is 19.5. The van der Waals surface area contributed by atoms with Crippen LogP contribution in [0, 0.1) is 11.7 Å². The van der Waals surface area contributed by atoms with Gasteiger partial charge in [0.2, 0.25) is 11.8 Å². The second kappa shape index (κ2) is 8.67. The van der Waals surface area contributed by atoms with Crippen molar-refractivity contribution in [2.75, 3.05) is 17.3 Å². The van der Waals surface area contributed by atoms with E-state index in [0.717, 1.165) is 18.5 Å². The Hall–Kier alpha value is -1.84. The van der Waals surface area contributed by atoms with Gasteiger partial charge in [0, 0.05) is 12.6 Å². The van der Waals surface area contributed by atoms with Crippen molar-refractivity contribution in [1.82, 2.24) is 21.4 Å². The molecular weight excluding hydrogens is 381 g/mol. The van der Waals surface area contributed by atoms with E-state index in [9.17, 15) is 14.0 Å². The largest absolute Gasteiger partial charge is 0.353 e. The zero-order chi connectivity index (χ0) is 19.5. The molecule has 152 valence electrons. The highest BCUT2D eigenvalue weighted by Crippen LogP contribution is 2.27. The van der Waals surface area contributed by atoms with Crippen LogP contribution >= 0.6 is 11.8 Å². The van der Waals surface area contributed by atoms with Gasteiger partial charge in [0.05, 0.1) is 17.4 Å². The molecule has 0 spiro atoms. The van der Waals surface area contributed by atoms with E-state index < -0.39 is 0 Å². The quantitative estimate of drug-likeness (QED) is 0.588. The van der Waals surface area contributed by atoms with E-state index in [4.69, 9.17) is 0 Å². The van der Waals surface area contributed by atoms with Crippen molar-refractivity contribution in [3.8, 4) is 0 Å². The Morgan fingerprint density at radius 2 is 1.96 bits per heavy atom.